The van der Waals surface area contributed by atoms with E-state index in [9.17, 15) is 4.79 Å². The summed E-state index contributed by atoms with van der Waals surface area (Å²) in [6.45, 7) is 1.25. The zero-order chi connectivity index (χ0) is 12.8. The van der Waals surface area contributed by atoms with E-state index in [1.54, 1.807) is 0 Å². The summed E-state index contributed by atoms with van der Waals surface area (Å²) in [5.41, 5.74) is 6.16. The van der Waals surface area contributed by atoms with Gasteiger partial charge in [0.1, 0.15) is 6.61 Å². The number of methoxy groups -OCH3 is 1. The van der Waals surface area contributed by atoms with E-state index in [2.05, 4.69) is 9.72 Å². The van der Waals surface area contributed by atoms with Crippen molar-refractivity contribution in [1.29, 1.82) is 0 Å². The molecule has 0 saturated heterocycles. The molecule has 1 rings (SSSR count). The Bertz CT molecular complexity index is 394. The largest absolute Gasteiger partial charge is 0.476 e. The number of ether oxygens (including phenoxy) is 2. The fourth-order valence-electron chi connectivity index (χ4n) is 1.15. The zero-order valence-corrected chi connectivity index (χ0v) is 10.3. The average molecular weight is 239 g/mol. The van der Waals surface area contributed by atoms with Crippen LogP contribution in [0.25, 0.3) is 0 Å². The maximum absolute atomic E-state index is 11.4. The number of nitrogens with two attached hydrogens (primary N) is 1. The number of carbonyl (C=O) groups is 1. The standard InChI is InChI=1S/C11H17N3O3/c1-14(2)4-5-17-10-6-8(11(15)16-3)9(12)7-13-10/h6-7H,4-5,12H2,1-3H3. The summed E-state index contributed by atoms with van der Waals surface area (Å²) in [4.78, 5) is 17.3. The highest BCUT2D eigenvalue weighted by atomic mass is 16.5. The summed E-state index contributed by atoms with van der Waals surface area (Å²) < 4.78 is 10.00. The van der Waals surface area contributed by atoms with E-state index < -0.39 is 5.97 Å². The highest BCUT2D eigenvalue weighted by molar-refractivity contribution is 5.95. The van der Waals surface area contributed by atoms with Crippen molar-refractivity contribution in [2.24, 2.45) is 0 Å². The maximum atomic E-state index is 11.4. The van der Waals surface area contributed by atoms with Crippen LogP contribution in [0, 0.1) is 0 Å². The summed E-state index contributed by atoms with van der Waals surface area (Å²) in [5.74, 6) is -0.135. The van der Waals surface area contributed by atoms with Crippen LogP contribution in [0.15, 0.2) is 12.3 Å². The van der Waals surface area contributed by atoms with Crippen LogP contribution in [0.1, 0.15) is 10.4 Å². The Morgan fingerprint density at radius 2 is 2.24 bits per heavy atom. The molecular weight excluding hydrogens is 222 g/mol. The maximum Gasteiger partial charge on any atom is 0.340 e. The van der Waals surface area contributed by atoms with Crippen molar-refractivity contribution < 1.29 is 14.3 Å². The zero-order valence-electron chi connectivity index (χ0n) is 10.3. The van der Waals surface area contributed by atoms with E-state index in [4.69, 9.17) is 10.5 Å². The molecule has 0 atom stereocenters. The van der Waals surface area contributed by atoms with Gasteiger partial charge in [0.25, 0.3) is 0 Å². The molecule has 6 nitrogen and oxygen atoms in total. The Hall–Kier alpha value is -1.82. The number of rotatable bonds is 5. The molecule has 0 aliphatic carbocycles. The second-order valence-electron chi connectivity index (χ2n) is 3.75. The Kier molecular flexibility index (Phi) is 4.71. The fourth-order valence-corrected chi connectivity index (χ4v) is 1.15. The van der Waals surface area contributed by atoms with Crippen LogP contribution in [-0.2, 0) is 4.74 Å². The molecule has 0 amide bonds. The molecule has 1 aromatic rings. The first-order valence-corrected chi connectivity index (χ1v) is 5.16. The van der Waals surface area contributed by atoms with E-state index in [-0.39, 0.29) is 11.3 Å². The van der Waals surface area contributed by atoms with Gasteiger partial charge in [-0.25, -0.2) is 9.78 Å². The van der Waals surface area contributed by atoms with Crippen molar-refractivity contribution in [2.45, 2.75) is 0 Å². The molecule has 94 valence electrons. The molecule has 0 radical (unpaired) electrons. The SMILES string of the molecule is COC(=O)c1cc(OCCN(C)C)ncc1N. The van der Waals surface area contributed by atoms with Gasteiger partial charge in [-0.1, -0.05) is 0 Å². The average Bonchev–Trinajstić information content (AvgIpc) is 2.30. The van der Waals surface area contributed by atoms with Crippen molar-refractivity contribution in [2.75, 3.05) is 40.1 Å². The third-order valence-corrected chi connectivity index (χ3v) is 2.10. The van der Waals surface area contributed by atoms with Crippen LogP contribution in [0.2, 0.25) is 0 Å². The number of hydrogen-bond donors (Lipinski definition) is 1. The Balaban J connectivity index is 2.71. The van der Waals surface area contributed by atoms with E-state index >= 15 is 0 Å². The lowest BCUT2D eigenvalue weighted by atomic mass is 10.2. The Morgan fingerprint density at radius 3 is 2.82 bits per heavy atom. The number of esters is 1. The van der Waals surface area contributed by atoms with Gasteiger partial charge in [-0.05, 0) is 14.1 Å². The molecule has 0 aliphatic rings. The highest BCUT2D eigenvalue weighted by Gasteiger charge is 2.12. The second kappa shape index (κ2) is 6.05. The minimum Gasteiger partial charge on any atom is -0.476 e. The van der Waals surface area contributed by atoms with Crippen molar-refractivity contribution in [3.8, 4) is 5.88 Å². The number of hydrogen-bond acceptors (Lipinski definition) is 6. The summed E-state index contributed by atoms with van der Waals surface area (Å²) in [6.07, 6.45) is 1.39. The molecule has 0 aromatic carbocycles. The van der Waals surface area contributed by atoms with Crippen LogP contribution < -0.4 is 10.5 Å². The minimum absolute atomic E-state index is 0.266. The lowest BCUT2D eigenvalue weighted by Gasteiger charge is -2.11. The van der Waals surface area contributed by atoms with Gasteiger partial charge in [-0.2, -0.15) is 0 Å². The van der Waals surface area contributed by atoms with Gasteiger partial charge in [0.2, 0.25) is 5.88 Å². The third-order valence-electron chi connectivity index (χ3n) is 2.10. The van der Waals surface area contributed by atoms with Gasteiger partial charge in [0.05, 0.1) is 24.6 Å². The van der Waals surface area contributed by atoms with E-state index in [0.717, 1.165) is 6.54 Å². The minimum atomic E-state index is -0.498. The smallest absolute Gasteiger partial charge is 0.340 e. The van der Waals surface area contributed by atoms with Gasteiger partial charge in [-0.15, -0.1) is 0 Å². The Labute approximate surface area is 100 Å². The summed E-state index contributed by atoms with van der Waals surface area (Å²) >= 11 is 0. The van der Waals surface area contributed by atoms with Crippen molar-refractivity contribution in [3.63, 3.8) is 0 Å². The quantitative estimate of drug-likeness (QED) is 0.749. The normalized spacial score (nSPS) is 10.4. The lowest BCUT2D eigenvalue weighted by Crippen LogP contribution is -2.20. The number of aromatic nitrogens is 1. The summed E-state index contributed by atoms with van der Waals surface area (Å²) in [6, 6.07) is 1.48. The van der Waals surface area contributed by atoms with Crippen LogP contribution in [-0.4, -0.2) is 50.2 Å². The van der Waals surface area contributed by atoms with E-state index in [1.165, 1.54) is 19.4 Å². The van der Waals surface area contributed by atoms with E-state index in [1.807, 2.05) is 19.0 Å². The number of pyridine rings is 1. The Morgan fingerprint density at radius 1 is 1.53 bits per heavy atom. The molecule has 1 heterocycles. The monoisotopic (exact) mass is 239 g/mol. The van der Waals surface area contributed by atoms with Crippen molar-refractivity contribution in [1.82, 2.24) is 9.88 Å². The van der Waals surface area contributed by atoms with Crippen LogP contribution >= 0.6 is 0 Å². The van der Waals surface area contributed by atoms with Gasteiger partial charge in [0.15, 0.2) is 0 Å². The molecule has 1 aromatic heterocycles. The van der Waals surface area contributed by atoms with Crippen molar-refractivity contribution in [3.05, 3.63) is 17.8 Å². The second-order valence-corrected chi connectivity index (χ2v) is 3.75. The van der Waals surface area contributed by atoms with Crippen molar-refractivity contribution >= 4 is 11.7 Å². The van der Waals surface area contributed by atoms with Crippen LogP contribution in [0.4, 0.5) is 5.69 Å². The molecule has 0 aliphatic heterocycles. The first-order valence-electron chi connectivity index (χ1n) is 5.16. The van der Waals surface area contributed by atoms with E-state index in [0.29, 0.717) is 12.5 Å². The lowest BCUT2D eigenvalue weighted by molar-refractivity contribution is 0.0601. The first-order chi connectivity index (χ1) is 8.04. The molecular formula is C11H17N3O3. The predicted molar refractivity (Wildman–Crippen MR) is 64.0 cm³/mol. The number of nitrogens with zero attached hydrogens (tertiary/aromatic N) is 2. The molecule has 17 heavy (non-hydrogen) atoms. The van der Waals surface area contributed by atoms with Crippen LogP contribution in [0.5, 0.6) is 5.88 Å². The molecule has 0 unspecified atom stereocenters. The molecule has 0 spiro atoms. The summed E-state index contributed by atoms with van der Waals surface area (Å²) in [7, 11) is 5.19. The number of anilines is 1. The summed E-state index contributed by atoms with van der Waals surface area (Å²) in [5, 5.41) is 0. The fraction of sp³-hybridized carbons (Fsp3) is 0.455. The third kappa shape index (κ3) is 3.92. The first kappa shape index (κ1) is 13.2. The highest BCUT2D eigenvalue weighted by Crippen LogP contribution is 2.17. The number of nitrogen functional groups attached to an aromatic ring is 1. The predicted octanol–water partition coefficient (Wildman–Crippen LogP) is 0.391. The van der Waals surface area contributed by atoms with Gasteiger partial charge >= 0.3 is 5.97 Å². The number of likely N-dealkylation sites (N-methyl/N-ethyl adjacent to an activating group) is 1. The topological polar surface area (TPSA) is 77.7 Å². The molecule has 0 bridgehead atoms. The van der Waals surface area contributed by atoms with Gasteiger partial charge in [-0.3, -0.25) is 0 Å². The molecule has 6 heteroatoms. The molecule has 0 fully saturated rings. The molecule has 2 N–H and O–H groups in total. The van der Waals surface area contributed by atoms with Gasteiger partial charge < -0.3 is 20.1 Å². The van der Waals surface area contributed by atoms with Gasteiger partial charge in [0, 0.05) is 12.6 Å². The van der Waals surface area contributed by atoms with Crippen LogP contribution in [0.3, 0.4) is 0 Å². The molecule has 0 saturated carbocycles. The number of carbonyl (C=O) groups excluding carboxylic acids is 1.